The van der Waals surface area contributed by atoms with Crippen LogP contribution in [0.2, 0.25) is 5.02 Å². The largest absolute Gasteiger partial charge is 0.496 e. The van der Waals surface area contributed by atoms with Gasteiger partial charge in [0.25, 0.3) is 0 Å². The van der Waals surface area contributed by atoms with Crippen LogP contribution in [-0.2, 0) is 4.79 Å². The van der Waals surface area contributed by atoms with Gasteiger partial charge in [-0.15, -0.1) is 0 Å². The molecule has 0 amide bonds. The van der Waals surface area contributed by atoms with E-state index in [1.54, 1.807) is 67.8 Å². The molecule has 5 nitrogen and oxygen atoms in total. The maximum Gasteiger partial charge on any atom is 0.336 e. The van der Waals surface area contributed by atoms with Crippen LogP contribution >= 0.6 is 27.5 Å². The van der Waals surface area contributed by atoms with Crippen molar-refractivity contribution >= 4 is 51.2 Å². The van der Waals surface area contributed by atoms with E-state index in [1.165, 1.54) is 13.2 Å². The highest BCUT2D eigenvalue weighted by Crippen LogP contribution is 2.30. The first-order chi connectivity index (χ1) is 15.9. The van der Waals surface area contributed by atoms with Gasteiger partial charge in [-0.3, -0.25) is 0 Å². The number of benzene rings is 3. The van der Waals surface area contributed by atoms with Crippen molar-refractivity contribution in [3.05, 3.63) is 92.9 Å². The second-order valence-electron chi connectivity index (χ2n) is 6.73. The first-order valence-electron chi connectivity index (χ1n) is 9.72. The second-order valence-corrected chi connectivity index (χ2v) is 8.08. The van der Waals surface area contributed by atoms with Crippen LogP contribution in [0.15, 0.2) is 71.2 Å². The Hall–Kier alpha value is -3.53. The molecule has 0 spiro atoms. The highest BCUT2D eigenvalue weighted by molar-refractivity contribution is 9.10. The molecular weight excluding hydrogens is 506 g/mol. The van der Waals surface area contributed by atoms with Crippen molar-refractivity contribution < 1.29 is 19.0 Å². The van der Waals surface area contributed by atoms with Crippen molar-refractivity contribution in [1.29, 1.82) is 5.26 Å². The normalized spacial score (nSPS) is 11.2. The highest BCUT2D eigenvalue weighted by Gasteiger charge is 2.10. The first kappa shape index (κ1) is 24.1. The molecule has 0 aliphatic rings. The Morgan fingerprint density at radius 1 is 0.970 bits per heavy atom. The van der Waals surface area contributed by atoms with E-state index in [0.29, 0.717) is 27.7 Å². The molecule has 33 heavy (non-hydrogen) atoms. The van der Waals surface area contributed by atoms with Crippen LogP contribution in [0.3, 0.4) is 0 Å². The minimum atomic E-state index is -0.572. The van der Waals surface area contributed by atoms with Gasteiger partial charge in [-0.2, -0.15) is 5.26 Å². The number of carbonyl (C=O) groups is 1. The van der Waals surface area contributed by atoms with Crippen molar-refractivity contribution in [2.24, 2.45) is 0 Å². The summed E-state index contributed by atoms with van der Waals surface area (Å²) >= 11 is 9.32. The van der Waals surface area contributed by atoms with Crippen LogP contribution in [0.25, 0.3) is 17.7 Å². The van der Waals surface area contributed by atoms with Crippen molar-refractivity contribution in [3.8, 4) is 23.3 Å². The zero-order valence-electron chi connectivity index (χ0n) is 17.8. The van der Waals surface area contributed by atoms with E-state index >= 15 is 0 Å². The van der Waals surface area contributed by atoms with Crippen LogP contribution < -0.4 is 14.2 Å². The smallest absolute Gasteiger partial charge is 0.336 e. The zero-order valence-corrected chi connectivity index (χ0v) is 20.2. The lowest BCUT2D eigenvalue weighted by Gasteiger charge is -2.09. The number of rotatable bonds is 7. The fourth-order valence-corrected chi connectivity index (χ4v) is 3.47. The number of hydrogen-bond donors (Lipinski definition) is 0. The monoisotopic (exact) mass is 523 g/mol. The summed E-state index contributed by atoms with van der Waals surface area (Å²) in [4.78, 5) is 12.4. The molecule has 3 aromatic rings. The van der Waals surface area contributed by atoms with Crippen LogP contribution in [0.5, 0.6) is 17.2 Å². The van der Waals surface area contributed by atoms with E-state index in [9.17, 15) is 10.1 Å². The fraction of sp³-hybridized carbons (Fsp3) is 0.0769. The Bertz CT molecular complexity index is 1260. The number of methoxy groups -OCH3 is 2. The summed E-state index contributed by atoms with van der Waals surface area (Å²) in [5.41, 5.74) is 2.64. The minimum absolute atomic E-state index is 0.260. The Morgan fingerprint density at radius 3 is 2.33 bits per heavy atom. The number of esters is 1. The van der Waals surface area contributed by atoms with Crippen molar-refractivity contribution in [3.63, 3.8) is 0 Å². The van der Waals surface area contributed by atoms with Gasteiger partial charge in [-0.05, 0) is 65.7 Å². The predicted molar refractivity (Wildman–Crippen MR) is 133 cm³/mol. The van der Waals surface area contributed by atoms with Gasteiger partial charge in [-0.1, -0.05) is 45.7 Å². The molecule has 0 aromatic heterocycles. The standard InChI is InChI=1S/C26H19BrClNO4/c1-31-23-11-7-21(27)15-19(23)6-12-26(30)33-24-10-3-17(14-25(24)32-2)13-20(16-29)18-4-8-22(28)9-5-18/h3-15H,1-2H3/b12-6+,20-13+. The maximum absolute atomic E-state index is 12.4. The molecule has 7 heteroatoms. The lowest BCUT2D eigenvalue weighted by atomic mass is 10.0. The number of allylic oxidation sites excluding steroid dienone is 1. The van der Waals surface area contributed by atoms with E-state index in [4.69, 9.17) is 25.8 Å². The number of nitriles is 1. The van der Waals surface area contributed by atoms with Gasteiger partial charge < -0.3 is 14.2 Å². The first-order valence-corrected chi connectivity index (χ1v) is 10.9. The van der Waals surface area contributed by atoms with Gasteiger partial charge in [-0.25, -0.2) is 4.79 Å². The van der Waals surface area contributed by atoms with Crippen molar-refractivity contribution in [1.82, 2.24) is 0 Å². The van der Waals surface area contributed by atoms with E-state index in [1.807, 2.05) is 12.1 Å². The Kier molecular flexibility index (Phi) is 8.31. The Balaban J connectivity index is 1.80. The highest BCUT2D eigenvalue weighted by atomic mass is 79.9. The molecule has 0 saturated heterocycles. The molecule has 0 radical (unpaired) electrons. The van der Waals surface area contributed by atoms with Crippen LogP contribution in [0.4, 0.5) is 0 Å². The lowest BCUT2D eigenvalue weighted by Crippen LogP contribution is -2.05. The van der Waals surface area contributed by atoms with Gasteiger partial charge in [0.2, 0.25) is 0 Å². The van der Waals surface area contributed by atoms with E-state index < -0.39 is 5.97 Å². The average molecular weight is 525 g/mol. The number of nitrogens with zero attached hydrogens (tertiary/aromatic N) is 1. The molecule has 0 unspecified atom stereocenters. The molecule has 0 heterocycles. The topological polar surface area (TPSA) is 68.5 Å². The van der Waals surface area contributed by atoms with Crippen LogP contribution in [-0.4, -0.2) is 20.2 Å². The molecule has 0 N–H and O–H groups in total. The zero-order chi connectivity index (χ0) is 23.8. The molecule has 0 aliphatic heterocycles. The van der Waals surface area contributed by atoms with Crippen LogP contribution in [0.1, 0.15) is 16.7 Å². The van der Waals surface area contributed by atoms with Gasteiger partial charge in [0.1, 0.15) is 5.75 Å². The van der Waals surface area contributed by atoms with Crippen molar-refractivity contribution in [2.45, 2.75) is 0 Å². The summed E-state index contributed by atoms with van der Waals surface area (Å²) in [5.74, 6) is 0.678. The molecule has 3 aromatic carbocycles. The fourth-order valence-electron chi connectivity index (χ4n) is 2.97. The Morgan fingerprint density at radius 2 is 1.67 bits per heavy atom. The molecule has 0 saturated carbocycles. The van der Waals surface area contributed by atoms with Crippen LogP contribution in [0, 0.1) is 11.3 Å². The summed E-state index contributed by atoms with van der Waals surface area (Å²) < 4.78 is 17.0. The van der Waals surface area contributed by atoms with Gasteiger partial charge in [0, 0.05) is 21.1 Å². The predicted octanol–water partition coefficient (Wildman–Crippen LogP) is 6.80. The SMILES string of the molecule is COc1ccc(Br)cc1/C=C/C(=O)Oc1ccc(/C=C(\C#N)c2ccc(Cl)cc2)cc1OC. The third-order valence-electron chi connectivity index (χ3n) is 4.58. The summed E-state index contributed by atoms with van der Waals surface area (Å²) in [5, 5.41) is 10.1. The quantitative estimate of drug-likeness (QED) is 0.112. The maximum atomic E-state index is 12.4. The Labute approximate surface area is 205 Å². The van der Waals surface area contributed by atoms with E-state index in [0.717, 1.165) is 15.6 Å². The molecule has 0 bridgehead atoms. The number of hydrogen-bond acceptors (Lipinski definition) is 5. The number of halogens is 2. The summed E-state index contributed by atoms with van der Waals surface area (Å²) in [7, 11) is 3.04. The number of ether oxygens (including phenoxy) is 3. The van der Waals surface area contributed by atoms with Crippen molar-refractivity contribution in [2.75, 3.05) is 14.2 Å². The number of carbonyl (C=O) groups excluding carboxylic acids is 1. The minimum Gasteiger partial charge on any atom is -0.496 e. The van der Waals surface area contributed by atoms with Gasteiger partial charge in [0.15, 0.2) is 11.5 Å². The third-order valence-corrected chi connectivity index (χ3v) is 5.32. The van der Waals surface area contributed by atoms with E-state index in [2.05, 4.69) is 22.0 Å². The third kappa shape index (κ3) is 6.48. The molecule has 0 atom stereocenters. The summed E-state index contributed by atoms with van der Waals surface area (Å²) in [6.45, 7) is 0. The molecular formula is C26H19BrClNO4. The van der Waals surface area contributed by atoms with E-state index in [-0.39, 0.29) is 5.75 Å². The molecule has 0 aliphatic carbocycles. The molecule has 166 valence electrons. The lowest BCUT2D eigenvalue weighted by molar-refractivity contribution is -0.129. The van der Waals surface area contributed by atoms with Gasteiger partial charge in [0.05, 0.1) is 25.9 Å². The average Bonchev–Trinajstić information content (AvgIpc) is 2.82. The summed E-state index contributed by atoms with van der Waals surface area (Å²) in [6.07, 6.45) is 4.64. The van der Waals surface area contributed by atoms with Gasteiger partial charge >= 0.3 is 5.97 Å². The molecule has 0 fully saturated rings. The second kappa shape index (κ2) is 11.4. The molecule has 3 rings (SSSR count). The summed E-state index contributed by atoms with van der Waals surface area (Å²) in [6, 6.07) is 19.7.